The number of nitrogens with one attached hydrogen (secondary N) is 1. The Morgan fingerprint density at radius 1 is 1.41 bits per heavy atom. The molecule has 0 fully saturated rings. The second kappa shape index (κ2) is 4.84. The number of hydrogen-bond donors (Lipinski definition) is 1. The molecule has 0 aliphatic heterocycles. The molecule has 17 heavy (non-hydrogen) atoms. The van der Waals surface area contributed by atoms with Crippen molar-refractivity contribution in [2.75, 3.05) is 0 Å². The third kappa shape index (κ3) is 3.12. The summed E-state index contributed by atoms with van der Waals surface area (Å²) in [5.74, 6) is 2.80. The highest BCUT2D eigenvalue weighted by Crippen LogP contribution is 2.25. The van der Waals surface area contributed by atoms with E-state index in [1.165, 1.54) is 15.6 Å². The molecule has 1 nitrogen and oxygen atoms in total. The molecule has 0 heterocycles. The van der Waals surface area contributed by atoms with Gasteiger partial charge in [-0.3, -0.25) is 5.32 Å². The zero-order valence-electron chi connectivity index (χ0n) is 10.4. The molecule has 1 aromatic rings. The molecule has 0 amide bonds. The molecule has 0 bridgehead atoms. The second-order valence-corrected chi connectivity index (χ2v) is 6.18. The number of aryl methyl sites for hydroxylation is 1. The van der Waals surface area contributed by atoms with E-state index >= 15 is 0 Å². The first kappa shape index (κ1) is 12.7. The van der Waals surface area contributed by atoms with Crippen molar-refractivity contribution >= 4 is 15.9 Å². The fourth-order valence-corrected chi connectivity index (χ4v) is 2.81. The van der Waals surface area contributed by atoms with Gasteiger partial charge in [0.15, 0.2) is 0 Å². The SMILES string of the molecule is C#CC(C)(C)NC1CCc2cc(Br)ccc2C1. The van der Waals surface area contributed by atoms with Gasteiger partial charge in [-0.1, -0.05) is 27.9 Å². The molecule has 2 heteroatoms. The quantitative estimate of drug-likeness (QED) is 0.825. The van der Waals surface area contributed by atoms with Crippen LogP contribution in [0, 0.1) is 12.3 Å². The number of hydrogen-bond acceptors (Lipinski definition) is 1. The van der Waals surface area contributed by atoms with Crippen molar-refractivity contribution in [2.45, 2.75) is 44.7 Å². The van der Waals surface area contributed by atoms with Gasteiger partial charge < -0.3 is 0 Å². The van der Waals surface area contributed by atoms with Crippen LogP contribution in [0.4, 0.5) is 0 Å². The Hall–Kier alpha value is -0.780. The van der Waals surface area contributed by atoms with E-state index < -0.39 is 0 Å². The minimum atomic E-state index is -0.211. The Labute approximate surface area is 112 Å². The lowest BCUT2D eigenvalue weighted by Gasteiger charge is -2.31. The van der Waals surface area contributed by atoms with Gasteiger partial charge in [0.2, 0.25) is 0 Å². The monoisotopic (exact) mass is 291 g/mol. The predicted molar refractivity (Wildman–Crippen MR) is 76.0 cm³/mol. The summed E-state index contributed by atoms with van der Waals surface area (Å²) >= 11 is 3.52. The van der Waals surface area contributed by atoms with Gasteiger partial charge in [0, 0.05) is 10.5 Å². The van der Waals surface area contributed by atoms with Crippen LogP contribution in [0.1, 0.15) is 31.4 Å². The van der Waals surface area contributed by atoms with E-state index in [-0.39, 0.29) is 5.54 Å². The normalized spacial score (nSPS) is 19.5. The maximum Gasteiger partial charge on any atom is 0.0743 e. The maximum atomic E-state index is 5.52. The summed E-state index contributed by atoms with van der Waals surface area (Å²) in [6, 6.07) is 7.07. The van der Waals surface area contributed by atoms with Gasteiger partial charge in [-0.25, -0.2) is 0 Å². The summed E-state index contributed by atoms with van der Waals surface area (Å²) in [6.07, 6.45) is 8.89. The number of terminal acetylenes is 1. The molecular formula is C15H18BrN. The lowest BCUT2D eigenvalue weighted by atomic mass is 9.87. The van der Waals surface area contributed by atoms with Crippen LogP contribution in [0.2, 0.25) is 0 Å². The van der Waals surface area contributed by atoms with Crippen LogP contribution < -0.4 is 5.32 Å². The summed E-state index contributed by atoms with van der Waals surface area (Å²) < 4.78 is 1.17. The third-order valence-electron chi connectivity index (χ3n) is 3.32. The van der Waals surface area contributed by atoms with Crippen molar-refractivity contribution in [2.24, 2.45) is 0 Å². The van der Waals surface area contributed by atoms with E-state index in [0.29, 0.717) is 6.04 Å². The molecule has 1 aromatic carbocycles. The van der Waals surface area contributed by atoms with E-state index in [4.69, 9.17) is 6.42 Å². The lowest BCUT2D eigenvalue weighted by Crippen LogP contribution is -2.47. The molecule has 0 saturated heterocycles. The van der Waals surface area contributed by atoms with Crippen LogP contribution in [0.5, 0.6) is 0 Å². The average Bonchev–Trinajstić information content (AvgIpc) is 2.29. The summed E-state index contributed by atoms with van der Waals surface area (Å²) in [7, 11) is 0. The van der Waals surface area contributed by atoms with Crippen LogP contribution in [-0.2, 0) is 12.8 Å². The average molecular weight is 292 g/mol. The number of rotatable bonds is 2. The first-order valence-electron chi connectivity index (χ1n) is 6.03. The zero-order valence-corrected chi connectivity index (χ0v) is 12.0. The third-order valence-corrected chi connectivity index (χ3v) is 3.82. The van der Waals surface area contributed by atoms with Gasteiger partial charge >= 0.3 is 0 Å². The van der Waals surface area contributed by atoms with E-state index in [2.05, 4.69) is 59.2 Å². The zero-order chi connectivity index (χ0) is 12.5. The summed E-state index contributed by atoms with van der Waals surface area (Å²) in [6.45, 7) is 4.12. The Morgan fingerprint density at radius 2 is 2.18 bits per heavy atom. The first-order chi connectivity index (χ1) is 8.00. The molecule has 1 aliphatic carbocycles. The molecule has 0 radical (unpaired) electrons. The largest absolute Gasteiger partial charge is 0.298 e. The minimum absolute atomic E-state index is 0.211. The van der Waals surface area contributed by atoms with E-state index in [9.17, 15) is 0 Å². The van der Waals surface area contributed by atoms with Gasteiger partial charge in [0.1, 0.15) is 0 Å². The maximum absolute atomic E-state index is 5.52. The van der Waals surface area contributed by atoms with Gasteiger partial charge in [0.25, 0.3) is 0 Å². The van der Waals surface area contributed by atoms with E-state index in [1.807, 2.05) is 0 Å². The smallest absolute Gasteiger partial charge is 0.0743 e. The molecule has 90 valence electrons. The Balaban J connectivity index is 2.09. The number of benzene rings is 1. The van der Waals surface area contributed by atoms with Crippen molar-refractivity contribution in [3.05, 3.63) is 33.8 Å². The molecule has 0 spiro atoms. The molecular weight excluding hydrogens is 274 g/mol. The van der Waals surface area contributed by atoms with Gasteiger partial charge in [0.05, 0.1) is 5.54 Å². The standard InChI is InChI=1S/C15H18BrN/c1-4-15(2,3)17-14-8-6-11-9-13(16)7-5-12(11)10-14/h1,5,7,9,14,17H,6,8,10H2,2-3H3. The number of fused-ring (bicyclic) bond motifs is 1. The predicted octanol–water partition coefficient (Wildman–Crippen LogP) is 3.31. The highest BCUT2D eigenvalue weighted by molar-refractivity contribution is 9.10. The van der Waals surface area contributed by atoms with Crippen molar-refractivity contribution in [3.8, 4) is 12.3 Å². The second-order valence-electron chi connectivity index (χ2n) is 5.27. The summed E-state index contributed by atoms with van der Waals surface area (Å²) in [5.41, 5.74) is 2.71. The summed E-state index contributed by atoms with van der Waals surface area (Å²) in [4.78, 5) is 0. The molecule has 1 N–H and O–H groups in total. The highest BCUT2D eigenvalue weighted by atomic mass is 79.9. The fourth-order valence-electron chi connectivity index (χ4n) is 2.40. The van der Waals surface area contributed by atoms with Crippen LogP contribution in [0.15, 0.2) is 22.7 Å². The Kier molecular flexibility index (Phi) is 3.61. The van der Waals surface area contributed by atoms with Crippen LogP contribution >= 0.6 is 15.9 Å². The first-order valence-corrected chi connectivity index (χ1v) is 6.82. The number of halogens is 1. The fraction of sp³-hybridized carbons (Fsp3) is 0.467. The molecule has 0 aromatic heterocycles. The molecule has 0 saturated carbocycles. The molecule has 1 aliphatic rings. The molecule has 1 atom stereocenters. The van der Waals surface area contributed by atoms with Gasteiger partial charge in [-0.2, -0.15) is 0 Å². The van der Waals surface area contributed by atoms with Crippen LogP contribution in [0.3, 0.4) is 0 Å². The van der Waals surface area contributed by atoms with Crippen LogP contribution in [0.25, 0.3) is 0 Å². The Morgan fingerprint density at radius 3 is 2.88 bits per heavy atom. The van der Waals surface area contributed by atoms with Crippen molar-refractivity contribution in [1.82, 2.24) is 5.32 Å². The van der Waals surface area contributed by atoms with Gasteiger partial charge in [-0.05, 0) is 56.4 Å². The Bertz CT molecular complexity index is 456. The van der Waals surface area contributed by atoms with E-state index in [1.54, 1.807) is 0 Å². The topological polar surface area (TPSA) is 12.0 Å². The van der Waals surface area contributed by atoms with Crippen molar-refractivity contribution < 1.29 is 0 Å². The van der Waals surface area contributed by atoms with Crippen molar-refractivity contribution in [1.29, 1.82) is 0 Å². The van der Waals surface area contributed by atoms with E-state index in [0.717, 1.165) is 19.3 Å². The van der Waals surface area contributed by atoms with Crippen molar-refractivity contribution in [3.63, 3.8) is 0 Å². The lowest BCUT2D eigenvalue weighted by molar-refractivity contribution is 0.373. The molecule has 1 unspecified atom stereocenters. The summed E-state index contributed by atoms with van der Waals surface area (Å²) in [5, 5.41) is 3.55. The molecule has 2 rings (SSSR count). The van der Waals surface area contributed by atoms with Crippen LogP contribution in [-0.4, -0.2) is 11.6 Å². The highest BCUT2D eigenvalue weighted by Gasteiger charge is 2.23. The van der Waals surface area contributed by atoms with Gasteiger partial charge in [-0.15, -0.1) is 6.42 Å². The minimum Gasteiger partial charge on any atom is -0.298 e.